The van der Waals surface area contributed by atoms with Gasteiger partial charge in [0.1, 0.15) is 11.4 Å². The monoisotopic (exact) mass is 289 g/mol. The third-order valence-electron chi connectivity index (χ3n) is 4.55. The number of benzene rings is 1. The average molecular weight is 289 g/mol. The van der Waals surface area contributed by atoms with Crippen molar-refractivity contribution in [2.75, 3.05) is 7.05 Å². The fraction of sp³-hybridized carbons (Fsp3) is 0.684. The predicted molar refractivity (Wildman–Crippen MR) is 90.0 cm³/mol. The van der Waals surface area contributed by atoms with E-state index in [1.165, 1.54) is 36.8 Å². The summed E-state index contributed by atoms with van der Waals surface area (Å²) >= 11 is 0. The van der Waals surface area contributed by atoms with Gasteiger partial charge in [-0.05, 0) is 56.8 Å². The van der Waals surface area contributed by atoms with Crippen molar-refractivity contribution in [2.45, 2.75) is 71.4 Å². The van der Waals surface area contributed by atoms with Gasteiger partial charge in [0.25, 0.3) is 0 Å². The first kappa shape index (κ1) is 16.4. The Hall–Kier alpha value is -1.02. The van der Waals surface area contributed by atoms with E-state index in [9.17, 15) is 0 Å². The minimum Gasteiger partial charge on any atom is -0.487 e. The molecule has 1 aromatic carbocycles. The van der Waals surface area contributed by atoms with Gasteiger partial charge in [0.05, 0.1) is 0 Å². The zero-order valence-corrected chi connectivity index (χ0v) is 14.3. The van der Waals surface area contributed by atoms with E-state index in [1.54, 1.807) is 0 Å². The Morgan fingerprint density at radius 2 is 1.86 bits per heavy atom. The molecule has 0 aromatic heterocycles. The molecule has 1 aliphatic rings. The lowest BCUT2D eigenvalue weighted by Crippen LogP contribution is -2.25. The normalized spacial score (nSPS) is 17.6. The molecule has 0 saturated carbocycles. The van der Waals surface area contributed by atoms with Gasteiger partial charge in [-0.25, -0.2) is 0 Å². The van der Waals surface area contributed by atoms with E-state index < -0.39 is 0 Å². The summed E-state index contributed by atoms with van der Waals surface area (Å²) in [4.78, 5) is 0. The highest BCUT2D eigenvalue weighted by Gasteiger charge is 2.31. The zero-order valence-electron chi connectivity index (χ0n) is 14.3. The summed E-state index contributed by atoms with van der Waals surface area (Å²) in [6.45, 7) is 8.90. The molecule has 0 saturated heterocycles. The van der Waals surface area contributed by atoms with Crippen molar-refractivity contribution in [3.63, 3.8) is 0 Å². The van der Waals surface area contributed by atoms with Gasteiger partial charge < -0.3 is 10.1 Å². The molecule has 0 spiro atoms. The highest BCUT2D eigenvalue weighted by atomic mass is 16.5. The maximum Gasteiger partial charge on any atom is 0.123 e. The van der Waals surface area contributed by atoms with E-state index in [-0.39, 0.29) is 5.60 Å². The molecule has 2 heteroatoms. The Balaban J connectivity index is 2.23. The lowest BCUT2D eigenvalue weighted by Gasteiger charge is -2.27. The molecule has 0 fully saturated rings. The molecule has 1 aliphatic heterocycles. The minimum atomic E-state index is -0.0532. The summed E-state index contributed by atoms with van der Waals surface area (Å²) in [7, 11) is 2.09. The second kappa shape index (κ2) is 6.83. The van der Waals surface area contributed by atoms with Crippen LogP contribution in [0.3, 0.4) is 0 Å². The molecule has 1 N–H and O–H groups in total. The van der Waals surface area contributed by atoms with E-state index in [2.05, 4.69) is 58.3 Å². The first-order valence-corrected chi connectivity index (χ1v) is 8.49. The van der Waals surface area contributed by atoms with Crippen LogP contribution in [-0.4, -0.2) is 12.6 Å². The summed E-state index contributed by atoms with van der Waals surface area (Å²) in [5.74, 6) is 1.79. The van der Waals surface area contributed by atoms with Crippen LogP contribution in [0.4, 0.5) is 0 Å². The van der Waals surface area contributed by atoms with Crippen LogP contribution >= 0.6 is 0 Å². The maximum absolute atomic E-state index is 6.00. The molecular formula is C19H31NO. The van der Waals surface area contributed by atoms with Crippen molar-refractivity contribution in [1.82, 2.24) is 5.32 Å². The molecule has 0 aliphatic carbocycles. The average Bonchev–Trinajstić information content (AvgIpc) is 2.73. The largest absolute Gasteiger partial charge is 0.487 e. The fourth-order valence-electron chi connectivity index (χ4n) is 3.72. The van der Waals surface area contributed by atoms with Crippen molar-refractivity contribution in [3.05, 3.63) is 29.3 Å². The van der Waals surface area contributed by atoms with Gasteiger partial charge in [0, 0.05) is 12.5 Å². The predicted octanol–water partition coefficient (Wildman–Crippen LogP) is 4.88. The summed E-state index contributed by atoms with van der Waals surface area (Å²) in [5.41, 5.74) is 2.73. The number of ether oxygens (including phenoxy) is 1. The van der Waals surface area contributed by atoms with Crippen LogP contribution in [0.1, 0.15) is 70.5 Å². The standard InChI is InChI=1S/C19H31NO/c1-6-8-14(9-7-2)18(20-5)15-10-11-17-16(12-15)13-19(3,4)21-17/h10-12,14,18,20H,6-9,13H2,1-5H3. The second-order valence-corrected chi connectivity index (χ2v) is 7.01. The van der Waals surface area contributed by atoms with Crippen LogP contribution in [0, 0.1) is 5.92 Å². The molecule has 21 heavy (non-hydrogen) atoms. The topological polar surface area (TPSA) is 21.3 Å². The number of nitrogens with one attached hydrogen (secondary N) is 1. The first-order valence-electron chi connectivity index (χ1n) is 8.49. The van der Waals surface area contributed by atoms with Gasteiger partial charge in [-0.3, -0.25) is 0 Å². The molecule has 0 radical (unpaired) electrons. The minimum absolute atomic E-state index is 0.0532. The highest BCUT2D eigenvalue weighted by Crippen LogP contribution is 2.38. The molecule has 2 rings (SSSR count). The van der Waals surface area contributed by atoms with Crippen molar-refractivity contribution in [3.8, 4) is 5.75 Å². The first-order chi connectivity index (χ1) is 10.0. The number of hydrogen-bond donors (Lipinski definition) is 1. The van der Waals surface area contributed by atoms with Gasteiger partial charge in [-0.1, -0.05) is 38.8 Å². The SMILES string of the molecule is CCCC(CCC)C(NC)c1ccc2c(c1)CC(C)(C)O2. The van der Waals surface area contributed by atoms with Crippen LogP contribution in [0.25, 0.3) is 0 Å². The Morgan fingerprint density at radius 3 is 2.43 bits per heavy atom. The lowest BCUT2D eigenvalue weighted by molar-refractivity contribution is 0.138. The Bertz CT molecular complexity index is 461. The quantitative estimate of drug-likeness (QED) is 0.772. The van der Waals surface area contributed by atoms with E-state index >= 15 is 0 Å². The van der Waals surface area contributed by atoms with E-state index in [1.807, 2.05) is 0 Å². The second-order valence-electron chi connectivity index (χ2n) is 7.01. The lowest BCUT2D eigenvalue weighted by atomic mass is 9.85. The molecule has 1 unspecified atom stereocenters. The molecule has 1 atom stereocenters. The van der Waals surface area contributed by atoms with Gasteiger partial charge >= 0.3 is 0 Å². The Kier molecular flexibility index (Phi) is 5.32. The van der Waals surface area contributed by atoms with E-state index in [0.29, 0.717) is 6.04 Å². The van der Waals surface area contributed by atoms with Crippen LogP contribution in [0.15, 0.2) is 18.2 Å². The zero-order chi connectivity index (χ0) is 15.5. The van der Waals surface area contributed by atoms with Crippen molar-refractivity contribution < 1.29 is 4.74 Å². The number of fused-ring (bicyclic) bond motifs is 1. The van der Waals surface area contributed by atoms with Crippen LogP contribution in [0.5, 0.6) is 5.75 Å². The van der Waals surface area contributed by atoms with Crippen molar-refractivity contribution in [1.29, 1.82) is 0 Å². The molecule has 2 nitrogen and oxygen atoms in total. The summed E-state index contributed by atoms with van der Waals surface area (Å²) in [6.07, 6.45) is 6.10. The molecule has 0 amide bonds. The van der Waals surface area contributed by atoms with Crippen LogP contribution in [-0.2, 0) is 6.42 Å². The Morgan fingerprint density at radius 1 is 1.19 bits per heavy atom. The highest BCUT2D eigenvalue weighted by molar-refractivity contribution is 5.42. The third-order valence-corrected chi connectivity index (χ3v) is 4.55. The third kappa shape index (κ3) is 3.79. The van der Waals surface area contributed by atoms with Gasteiger partial charge in [-0.2, -0.15) is 0 Å². The number of hydrogen-bond acceptors (Lipinski definition) is 2. The summed E-state index contributed by atoms with van der Waals surface area (Å²) in [6, 6.07) is 7.24. The summed E-state index contributed by atoms with van der Waals surface area (Å²) in [5, 5.41) is 3.56. The molecule has 1 heterocycles. The van der Waals surface area contributed by atoms with Crippen LogP contribution in [0.2, 0.25) is 0 Å². The fourth-order valence-corrected chi connectivity index (χ4v) is 3.72. The smallest absolute Gasteiger partial charge is 0.123 e. The summed E-state index contributed by atoms with van der Waals surface area (Å²) < 4.78 is 6.00. The maximum atomic E-state index is 6.00. The van der Waals surface area contributed by atoms with E-state index in [0.717, 1.165) is 18.1 Å². The van der Waals surface area contributed by atoms with Gasteiger partial charge in [-0.15, -0.1) is 0 Å². The van der Waals surface area contributed by atoms with Crippen molar-refractivity contribution in [2.24, 2.45) is 5.92 Å². The van der Waals surface area contributed by atoms with Gasteiger partial charge in [0.15, 0.2) is 0 Å². The Labute approximate surface area is 130 Å². The molecule has 118 valence electrons. The molecule has 1 aromatic rings. The van der Waals surface area contributed by atoms with E-state index in [4.69, 9.17) is 4.74 Å². The molecule has 0 bridgehead atoms. The molecular weight excluding hydrogens is 258 g/mol. The number of rotatable bonds is 7. The van der Waals surface area contributed by atoms with Crippen molar-refractivity contribution >= 4 is 0 Å². The van der Waals surface area contributed by atoms with Gasteiger partial charge in [0.2, 0.25) is 0 Å². The van der Waals surface area contributed by atoms with Crippen LogP contribution < -0.4 is 10.1 Å².